The number of urea groups is 1. The third-order valence-corrected chi connectivity index (χ3v) is 4.72. The Hall–Kier alpha value is -1.52. The number of hydrogen-bond donors (Lipinski definition) is 2. The Morgan fingerprint density at radius 2 is 2.04 bits per heavy atom. The number of nitrogens with one attached hydrogen (secondary N) is 2. The number of benzene rings is 1. The van der Waals surface area contributed by atoms with Crippen LogP contribution in [0.5, 0.6) is 0 Å². The van der Waals surface area contributed by atoms with Crippen LogP contribution in [0.15, 0.2) is 18.2 Å². The third-order valence-electron chi connectivity index (χ3n) is 3.62. The molecule has 0 aliphatic carbocycles. The van der Waals surface area contributed by atoms with Crippen molar-refractivity contribution in [2.45, 2.75) is 25.1 Å². The number of piperidine rings is 1. The van der Waals surface area contributed by atoms with Crippen LogP contribution in [-0.2, 0) is 16.2 Å². The Labute approximate surface area is 148 Å². The van der Waals surface area contributed by atoms with Gasteiger partial charge in [-0.25, -0.2) is 17.9 Å². The minimum Gasteiger partial charge on any atom is -0.323 e. The molecule has 1 heterocycles. The minimum absolute atomic E-state index is 0.0239. The first-order valence-corrected chi connectivity index (χ1v) is 9.62. The zero-order valence-corrected chi connectivity index (χ0v) is 14.8. The van der Waals surface area contributed by atoms with Crippen LogP contribution in [-0.4, -0.2) is 44.7 Å². The van der Waals surface area contributed by atoms with Gasteiger partial charge in [-0.1, -0.05) is 11.6 Å². The van der Waals surface area contributed by atoms with Crippen molar-refractivity contribution in [2.75, 3.05) is 24.7 Å². The molecule has 11 heteroatoms. The molecular weight excluding hydrogens is 383 g/mol. The lowest BCUT2D eigenvalue weighted by Gasteiger charge is -2.32. The molecule has 0 aromatic heterocycles. The van der Waals surface area contributed by atoms with E-state index < -0.39 is 33.8 Å². The number of halogens is 4. The number of hydrogen-bond acceptors (Lipinski definition) is 3. The predicted molar refractivity (Wildman–Crippen MR) is 88.0 cm³/mol. The van der Waals surface area contributed by atoms with E-state index in [1.807, 2.05) is 0 Å². The first-order chi connectivity index (χ1) is 11.5. The zero-order chi connectivity index (χ0) is 18.8. The number of rotatable bonds is 3. The van der Waals surface area contributed by atoms with Crippen LogP contribution in [0.25, 0.3) is 0 Å². The van der Waals surface area contributed by atoms with Crippen molar-refractivity contribution in [3.8, 4) is 0 Å². The summed E-state index contributed by atoms with van der Waals surface area (Å²) in [5.41, 5.74) is -1.08. The summed E-state index contributed by atoms with van der Waals surface area (Å²) in [5.74, 6) is 0. The van der Waals surface area contributed by atoms with Crippen LogP contribution >= 0.6 is 11.6 Å². The van der Waals surface area contributed by atoms with E-state index in [0.717, 1.165) is 24.5 Å². The average molecular weight is 400 g/mol. The molecule has 1 aromatic carbocycles. The van der Waals surface area contributed by atoms with E-state index in [4.69, 9.17) is 11.6 Å². The van der Waals surface area contributed by atoms with E-state index in [9.17, 15) is 26.4 Å². The van der Waals surface area contributed by atoms with Crippen LogP contribution < -0.4 is 10.0 Å². The van der Waals surface area contributed by atoms with E-state index in [1.54, 1.807) is 0 Å². The van der Waals surface area contributed by atoms with Gasteiger partial charge in [0.05, 0.1) is 22.5 Å². The van der Waals surface area contributed by atoms with Crippen molar-refractivity contribution in [1.29, 1.82) is 0 Å². The summed E-state index contributed by atoms with van der Waals surface area (Å²) >= 11 is 5.85. The Kier molecular flexibility index (Phi) is 5.85. The second kappa shape index (κ2) is 7.38. The number of carbonyl (C=O) groups is 1. The molecule has 2 amide bonds. The quantitative estimate of drug-likeness (QED) is 0.820. The van der Waals surface area contributed by atoms with Crippen LogP contribution in [0.1, 0.15) is 18.4 Å². The molecule has 1 atom stereocenters. The molecule has 0 saturated carbocycles. The van der Waals surface area contributed by atoms with Gasteiger partial charge in [0.2, 0.25) is 10.0 Å². The van der Waals surface area contributed by atoms with E-state index in [1.165, 1.54) is 4.90 Å². The topological polar surface area (TPSA) is 78.5 Å². The lowest BCUT2D eigenvalue weighted by Crippen LogP contribution is -2.50. The number of amides is 2. The summed E-state index contributed by atoms with van der Waals surface area (Å²) in [6, 6.07) is 1.57. The molecule has 0 unspecified atom stereocenters. The normalized spacial score (nSPS) is 18.9. The fourth-order valence-electron chi connectivity index (χ4n) is 2.55. The molecule has 1 aliphatic rings. The lowest BCUT2D eigenvalue weighted by molar-refractivity contribution is -0.137. The van der Waals surface area contributed by atoms with E-state index in [-0.39, 0.29) is 17.3 Å². The van der Waals surface area contributed by atoms with Gasteiger partial charge in [-0.3, -0.25) is 0 Å². The second-order valence-electron chi connectivity index (χ2n) is 5.80. The zero-order valence-electron chi connectivity index (χ0n) is 13.2. The molecule has 0 spiro atoms. The summed E-state index contributed by atoms with van der Waals surface area (Å²) in [4.78, 5) is 13.6. The molecule has 1 saturated heterocycles. The largest absolute Gasteiger partial charge is 0.416 e. The molecule has 1 fully saturated rings. The first kappa shape index (κ1) is 19.8. The van der Waals surface area contributed by atoms with E-state index in [0.29, 0.717) is 19.4 Å². The predicted octanol–water partition coefficient (Wildman–Crippen LogP) is 2.90. The first-order valence-electron chi connectivity index (χ1n) is 7.36. The van der Waals surface area contributed by atoms with Crippen molar-refractivity contribution in [3.63, 3.8) is 0 Å². The molecule has 0 bridgehead atoms. The standard InChI is InChI=1S/C14H17ClF3N3O3S/c1-25(23,24)20-10-3-2-6-21(8-10)13(22)19-12-7-9(14(16,17)18)4-5-11(12)15/h4-5,7,10,20H,2-3,6,8H2,1H3,(H,19,22)/t10-/m1/s1. The summed E-state index contributed by atoms with van der Waals surface area (Å²) in [6.45, 7) is 0.486. The number of anilines is 1. The smallest absolute Gasteiger partial charge is 0.323 e. The summed E-state index contributed by atoms with van der Waals surface area (Å²) in [6.07, 6.45) is -2.40. The van der Waals surface area contributed by atoms with Gasteiger partial charge in [-0.15, -0.1) is 0 Å². The maximum absolute atomic E-state index is 12.8. The van der Waals surface area contributed by atoms with Crippen LogP contribution in [0.3, 0.4) is 0 Å². The number of likely N-dealkylation sites (tertiary alicyclic amines) is 1. The van der Waals surface area contributed by atoms with Gasteiger partial charge >= 0.3 is 12.2 Å². The lowest BCUT2D eigenvalue weighted by atomic mass is 10.1. The highest BCUT2D eigenvalue weighted by atomic mass is 35.5. The number of carbonyl (C=O) groups excluding carboxylic acids is 1. The van der Waals surface area contributed by atoms with Gasteiger partial charge in [0.15, 0.2) is 0 Å². The van der Waals surface area contributed by atoms with Crippen molar-refractivity contribution >= 4 is 33.3 Å². The monoisotopic (exact) mass is 399 g/mol. The van der Waals surface area contributed by atoms with Gasteiger partial charge in [0.25, 0.3) is 0 Å². The molecule has 0 radical (unpaired) electrons. The van der Waals surface area contributed by atoms with Gasteiger partial charge in [-0.2, -0.15) is 13.2 Å². The molecule has 2 rings (SSSR count). The Bertz CT molecular complexity index is 755. The highest BCUT2D eigenvalue weighted by Gasteiger charge is 2.31. The molecule has 1 aliphatic heterocycles. The Morgan fingerprint density at radius 3 is 2.64 bits per heavy atom. The SMILES string of the molecule is CS(=O)(=O)N[C@@H]1CCCN(C(=O)Nc2cc(C(F)(F)F)ccc2Cl)C1. The average Bonchev–Trinajstić information content (AvgIpc) is 2.46. The summed E-state index contributed by atoms with van der Waals surface area (Å²) in [7, 11) is -3.41. The van der Waals surface area contributed by atoms with Crippen molar-refractivity contribution in [2.24, 2.45) is 0 Å². The number of alkyl halides is 3. The minimum atomic E-state index is -4.56. The highest BCUT2D eigenvalue weighted by molar-refractivity contribution is 7.88. The van der Waals surface area contributed by atoms with Crippen LogP contribution in [0, 0.1) is 0 Å². The van der Waals surface area contributed by atoms with Crippen LogP contribution in [0.4, 0.5) is 23.7 Å². The summed E-state index contributed by atoms with van der Waals surface area (Å²) < 4.78 is 63.3. The number of nitrogens with zero attached hydrogens (tertiary/aromatic N) is 1. The molecular formula is C14H17ClF3N3O3S. The van der Waals surface area contributed by atoms with Gasteiger partial charge < -0.3 is 10.2 Å². The molecule has 140 valence electrons. The van der Waals surface area contributed by atoms with E-state index in [2.05, 4.69) is 10.0 Å². The maximum Gasteiger partial charge on any atom is 0.416 e. The van der Waals surface area contributed by atoms with Gasteiger partial charge in [-0.05, 0) is 31.0 Å². The fourth-order valence-corrected chi connectivity index (χ4v) is 3.51. The molecule has 6 nitrogen and oxygen atoms in total. The highest BCUT2D eigenvalue weighted by Crippen LogP contribution is 2.34. The van der Waals surface area contributed by atoms with Crippen LogP contribution in [0.2, 0.25) is 5.02 Å². The third kappa shape index (κ3) is 5.75. The molecule has 1 aromatic rings. The fraction of sp³-hybridized carbons (Fsp3) is 0.500. The maximum atomic E-state index is 12.8. The summed E-state index contributed by atoms with van der Waals surface area (Å²) in [5, 5.41) is 2.33. The Balaban J connectivity index is 2.09. The van der Waals surface area contributed by atoms with E-state index >= 15 is 0 Å². The van der Waals surface area contributed by atoms with Gasteiger partial charge in [0.1, 0.15) is 0 Å². The number of sulfonamides is 1. The van der Waals surface area contributed by atoms with Crippen molar-refractivity contribution in [3.05, 3.63) is 28.8 Å². The Morgan fingerprint density at radius 1 is 1.36 bits per heavy atom. The van der Waals surface area contributed by atoms with Crippen molar-refractivity contribution in [1.82, 2.24) is 9.62 Å². The van der Waals surface area contributed by atoms with Crippen molar-refractivity contribution < 1.29 is 26.4 Å². The molecule has 2 N–H and O–H groups in total. The second-order valence-corrected chi connectivity index (χ2v) is 7.98. The molecule has 25 heavy (non-hydrogen) atoms. The van der Waals surface area contributed by atoms with Gasteiger partial charge in [0, 0.05) is 19.1 Å².